The van der Waals surface area contributed by atoms with Crippen LogP contribution in [0.25, 0.3) is 11.1 Å². The molecule has 0 aliphatic carbocycles. The average molecular weight is 467 g/mol. The van der Waals surface area contributed by atoms with Gasteiger partial charge in [0.2, 0.25) is 10.0 Å². The van der Waals surface area contributed by atoms with Crippen molar-refractivity contribution in [2.24, 2.45) is 16.1 Å². The summed E-state index contributed by atoms with van der Waals surface area (Å²) >= 11 is 0. The number of nitrogens with zero attached hydrogens (tertiary/aromatic N) is 2. The molecule has 0 fully saturated rings. The first-order valence-electron chi connectivity index (χ1n) is 10.2. The molecule has 8 nitrogen and oxygen atoms in total. The fourth-order valence-corrected chi connectivity index (χ4v) is 4.36. The topological polar surface area (TPSA) is 139 Å². The van der Waals surface area contributed by atoms with Crippen LogP contribution in [0.2, 0.25) is 0 Å². The Bertz CT molecular complexity index is 1260. The smallest absolute Gasteiger partial charge is 0.326 e. The predicted octanol–water partition coefficient (Wildman–Crippen LogP) is 2.82. The maximum absolute atomic E-state index is 11.9. The Balaban J connectivity index is 1.83. The minimum Gasteiger partial charge on any atom is -0.480 e. The van der Waals surface area contributed by atoms with E-state index in [1.165, 1.54) is 12.3 Å². The number of carbonyl (C=O) groups is 1. The molecule has 3 aromatic carbocycles. The van der Waals surface area contributed by atoms with Gasteiger partial charge in [-0.25, -0.2) is 18.4 Å². The van der Waals surface area contributed by atoms with Crippen LogP contribution in [0.4, 0.5) is 5.69 Å². The molecule has 172 valence electrons. The van der Waals surface area contributed by atoms with Gasteiger partial charge in [-0.05, 0) is 48.2 Å². The molecule has 0 aromatic heterocycles. The molecular weight excluding hydrogens is 440 g/mol. The summed E-state index contributed by atoms with van der Waals surface area (Å²) < 4.78 is 23.8. The van der Waals surface area contributed by atoms with Crippen LogP contribution < -0.4 is 15.9 Å². The molecule has 3 rings (SSSR count). The lowest BCUT2D eigenvalue weighted by Crippen LogP contribution is -2.40. The fourth-order valence-electron chi connectivity index (χ4n) is 3.60. The molecule has 1 atom stereocenters. The molecule has 0 saturated carbocycles. The number of sulfonamides is 1. The second-order valence-corrected chi connectivity index (χ2v) is 9.10. The van der Waals surface area contributed by atoms with Crippen molar-refractivity contribution < 1.29 is 18.3 Å². The predicted molar refractivity (Wildman–Crippen MR) is 130 cm³/mol. The van der Waals surface area contributed by atoms with Gasteiger partial charge >= 0.3 is 5.97 Å². The van der Waals surface area contributed by atoms with Crippen LogP contribution in [0.5, 0.6) is 0 Å². The zero-order valence-corrected chi connectivity index (χ0v) is 18.9. The number of aliphatic carboxylic acids is 1. The van der Waals surface area contributed by atoms with Crippen LogP contribution >= 0.6 is 0 Å². The molecule has 1 unspecified atom stereocenters. The summed E-state index contributed by atoms with van der Waals surface area (Å²) in [6.07, 6.45) is 2.09. The van der Waals surface area contributed by atoms with Crippen LogP contribution in [-0.4, -0.2) is 38.3 Å². The van der Waals surface area contributed by atoms with E-state index in [0.717, 1.165) is 22.4 Å². The van der Waals surface area contributed by atoms with E-state index in [2.05, 4.69) is 5.10 Å². The number of nitrogens with two attached hydrogens (primary N) is 2. The lowest BCUT2D eigenvalue weighted by Gasteiger charge is -2.29. The summed E-state index contributed by atoms with van der Waals surface area (Å²) in [5.74, 6) is 4.31. The standard InChI is InChI=1S/C24H26N4O4S/c1-17(24(29)30)28(21-6-4-5-19(15-21)16-27-25)14-13-18-9-11-20(12-10-18)22-7-2-3-8-23(22)33(26,31)32/h2-12,15-17H,13-14,25H2,1H3,(H,29,30)(H2,26,31,32). The first-order valence-corrected chi connectivity index (χ1v) is 11.8. The SMILES string of the molecule is CC(C(=O)O)N(CCc1ccc(-c2ccccc2S(N)(=O)=O)cc1)c1cccc(C=NN)c1. The van der Waals surface area contributed by atoms with Crippen LogP contribution in [0, 0.1) is 0 Å². The highest BCUT2D eigenvalue weighted by molar-refractivity contribution is 7.89. The third-order valence-corrected chi connectivity index (χ3v) is 6.32. The molecule has 33 heavy (non-hydrogen) atoms. The lowest BCUT2D eigenvalue weighted by molar-refractivity contribution is -0.138. The van der Waals surface area contributed by atoms with E-state index in [4.69, 9.17) is 11.0 Å². The second kappa shape index (κ2) is 10.3. The minimum absolute atomic E-state index is 0.0695. The Labute approximate surface area is 193 Å². The third-order valence-electron chi connectivity index (χ3n) is 5.35. The Kier molecular flexibility index (Phi) is 7.47. The lowest BCUT2D eigenvalue weighted by atomic mass is 10.0. The van der Waals surface area contributed by atoms with E-state index in [-0.39, 0.29) is 4.90 Å². The molecule has 0 heterocycles. The monoisotopic (exact) mass is 466 g/mol. The van der Waals surface area contributed by atoms with Crippen molar-refractivity contribution in [3.63, 3.8) is 0 Å². The van der Waals surface area contributed by atoms with E-state index < -0.39 is 22.0 Å². The van der Waals surface area contributed by atoms with E-state index in [1.54, 1.807) is 30.0 Å². The van der Waals surface area contributed by atoms with Gasteiger partial charge in [0.1, 0.15) is 6.04 Å². The van der Waals surface area contributed by atoms with Gasteiger partial charge in [0.25, 0.3) is 0 Å². The maximum atomic E-state index is 11.9. The van der Waals surface area contributed by atoms with Crippen molar-refractivity contribution in [2.45, 2.75) is 24.3 Å². The highest BCUT2D eigenvalue weighted by Gasteiger charge is 2.21. The molecule has 0 spiro atoms. The number of hydrogen-bond donors (Lipinski definition) is 3. The molecule has 0 amide bonds. The summed E-state index contributed by atoms with van der Waals surface area (Å²) in [6.45, 7) is 2.10. The number of hydrazone groups is 1. The van der Waals surface area contributed by atoms with E-state index >= 15 is 0 Å². The molecule has 0 saturated heterocycles. The van der Waals surface area contributed by atoms with Crippen molar-refractivity contribution in [3.8, 4) is 11.1 Å². The zero-order valence-electron chi connectivity index (χ0n) is 18.1. The Morgan fingerprint density at radius 1 is 1.09 bits per heavy atom. The van der Waals surface area contributed by atoms with Crippen molar-refractivity contribution in [2.75, 3.05) is 11.4 Å². The summed E-state index contributed by atoms with van der Waals surface area (Å²) in [6, 6.07) is 20.7. The molecule has 0 radical (unpaired) electrons. The highest BCUT2D eigenvalue weighted by atomic mass is 32.2. The fraction of sp³-hybridized carbons (Fsp3) is 0.167. The number of primary sulfonamides is 1. The first kappa shape index (κ1) is 24.0. The van der Waals surface area contributed by atoms with Gasteiger partial charge in [0.15, 0.2) is 0 Å². The molecule has 0 aliphatic heterocycles. The van der Waals surface area contributed by atoms with Crippen LogP contribution in [0.1, 0.15) is 18.1 Å². The molecule has 0 aliphatic rings. The van der Waals surface area contributed by atoms with Gasteiger partial charge in [-0.2, -0.15) is 5.10 Å². The van der Waals surface area contributed by atoms with E-state index in [9.17, 15) is 18.3 Å². The van der Waals surface area contributed by atoms with Crippen LogP contribution in [-0.2, 0) is 21.2 Å². The van der Waals surface area contributed by atoms with Crippen molar-refractivity contribution >= 4 is 27.9 Å². The number of carboxylic acids is 1. The van der Waals surface area contributed by atoms with E-state index in [1.807, 2.05) is 48.5 Å². The molecular formula is C24H26N4O4S. The van der Waals surface area contributed by atoms with Crippen LogP contribution in [0.15, 0.2) is 82.8 Å². The van der Waals surface area contributed by atoms with Crippen molar-refractivity contribution in [1.82, 2.24) is 0 Å². The highest BCUT2D eigenvalue weighted by Crippen LogP contribution is 2.27. The summed E-state index contributed by atoms with van der Waals surface area (Å²) in [5, 5.41) is 18.5. The Morgan fingerprint density at radius 2 is 1.79 bits per heavy atom. The van der Waals surface area contributed by atoms with Gasteiger partial charge < -0.3 is 15.8 Å². The number of hydrogen-bond acceptors (Lipinski definition) is 6. The Hall–Kier alpha value is -3.69. The number of carboxylic acid groups (broad SMARTS) is 1. The largest absolute Gasteiger partial charge is 0.480 e. The maximum Gasteiger partial charge on any atom is 0.326 e. The van der Waals surface area contributed by atoms with Gasteiger partial charge in [-0.3, -0.25) is 0 Å². The van der Waals surface area contributed by atoms with Crippen molar-refractivity contribution in [1.29, 1.82) is 0 Å². The number of rotatable bonds is 9. The zero-order chi connectivity index (χ0) is 24.0. The van der Waals surface area contributed by atoms with Gasteiger partial charge in [0, 0.05) is 17.8 Å². The van der Waals surface area contributed by atoms with Crippen LogP contribution in [0.3, 0.4) is 0 Å². The summed E-state index contributed by atoms with van der Waals surface area (Å²) in [7, 11) is -3.85. The third kappa shape index (κ3) is 5.97. The Morgan fingerprint density at radius 3 is 2.42 bits per heavy atom. The summed E-state index contributed by atoms with van der Waals surface area (Å²) in [5.41, 5.74) is 3.77. The normalized spacial score (nSPS) is 12.5. The quantitative estimate of drug-likeness (QED) is 0.252. The summed E-state index contributed by atoms with van der Waals surface area (Å²) in [4.78, 5) is 13.6. The second-order valence-electron chi connectivity index (χ2n) is 7.57. The molecule has 3 aromatic rings. The van der Waals surface area contributed by atoms with Gasteiger partial charge in [-0.15, -0.1) is 0 Å². The van der Waals surface area contributed by atoms with Gasteiger partial charge in [0.05, 0.1) is 11.1 Å². The minimum atomic E-state index is -3.85. The number of benzene rings is 3. The van der Waals surface area contributed by atoms with Gasteiger partial charge in [-0.1, -0.05) is 54.6 Å². The van der Waals surface area contributed by atoms with E-state index in [0.29, 0.717) is 18.5 Å². The molecule has 9 heteroatoms. The number of anilines is 1. The molecule has 5 N–H and O–H groups in total. The molecule has 0 bridgehead atoms. The van der Waals surface area contributed by atoms with Crippen molar-refractivity contribution in [3.05, 3.63) is 83.9 Å². The average Bonchev–Trinajstić information content (AvgIpc) is 2.79. The first-order chi connectivity index (χ1) is 15.7.